The van der Waals surface area contributed by atoms with Crippen LogP contribution in [-0.4, -0.2) is 23.5 Å². The summed E-state index contributed by atoms with van der Waals surface area (Å²) in [6.07, 6.45) is 0. The molecule has 0 aliphatic rings. The third-order valence-electron chi connectivity index (χ3n) is 4.73. The van der Waals surface area contributed by atoms with Gasteiger partial charge in [-0.2, -0.15) is 0 Å². The second kappa shape index (κ2) is 8.88. The molecule has 2 heterocycles. The van der Waals surface area contributed by atoms with Crippen LogP contribution in [0.5, 0.6) is 0 Å². The number of aromatic nitrogens is 1. The Morgan fingerprint density at radius 2 is 1.84 bits per heavy atom. The van der Waals surface area contributed by atoms with Gasteiger partial charge in [-0.1, -0.05) is 48.0 Å². The second-order valence-corrected chi connectivity index (χ2v) is 8.31. The number of nitrogens with zero attached hydrogens (tertiary/aromatic N) is 1. The number of anilines is 1. The number of halogens is 1. The Bertz CT molecular complexity index is 1300. The number of carbonyl (C=O) groups excluding carboxylic acids is 2. The van der Waals surface area contributed by atoms with Crippen molar-refractivity contribution < 1.29 is 14.3 Å². The third kappa shape index (κ3) is 4.31. The number of esters is 1. The number of thiophene rings is 1. The molecule has 0 spiro atoms. The standard InChI is InChI=1S/C24H19ClN2O3S/c1-3-30-24(29)22-14(2)12-21(31-22)27-23(28)17-13-20(16-9-4-6-10-18(16)25)26-19-11-7-5-8-15(17)19/h4-13H,3H2,1-2H3,(H,27,28). The van der Waals surface area contributed by atoms with Crippen molar-refractivity contribution in [3.8, 4) is 11.3 Å². The van der Waals surface area contributed by atoms with Gasteiger partial charge in [0, 0.05) is 16.0 Å². The average molecular weight is 451 g/mol. The number of fused-ring (bicyclic) bond motifs is 1. The predicted molar refractivity (Wildman–Crippen MR) is 125 cm³/mol. The molecule has 0 aliphatic carbocycles. The quantitative estimate of drug-likeness (QED) is 0.359. The van der Waals surface area contributed by atoms with E-state index in [0.29, 0.717) is 38.3 Å². The van der Waals surface area contributed by atoms with Gasteiger partial charge in [0.1, 0.15) is 4.88 Å². The van der Waals surface area contributed by atoms with E-state index in [4.69, 9.17) is 21.3 Å². The van der Waals surface area contributed by atoms with E-state index >= 15 is 0 Å². The van der Waals surface area contributed by atoms with Gasteiger partial charge in [0.05, 0.1) is 28.4 Å². The molecule has 0 radical (unpaired) electrons. The zero-order valence-electron chi connectivity index (χ0n) is 16.9. The van der Waals surface area contributed by atoms with E-state index in [1.165, 1.54) is 11.3 Å². The van der Waals surface area contributed by atoms with Gasteiger partial charge < -0.3 is 10.1 Å². The number of carbonyl (C=O) groups is 2. The molecule has 0 fully saturated rings. The first kappa shape index (κ1) is 21.0. The number of pyridine rings is 1. The van der Waals surface area contributed by atoms with Crippen molar-refractivity contribution in [1.82, 2.24) is 4.98 Å². The number of aryl methyl sites for hydroxylation is 1. The van der Waals surface area contributed by atoms with Crippen molar-refractivity contribution in [2.24, 2.45) is 0 Å². The normalized spacial score (nSPS) is 10.8. The van der Waals surface area contributed by atoms with Crippen LogP contribution in [0.1, 0.15) is 32.5 Å². The Labute approximate surface area is 188 Å². The van der Waals surface area contributed by atoms with Crippen LogP contribution in [0.3, 0.4) is 0 Å². The molecule has 1 N–H and O–H groups in total. The summed E-state index contributed by atoms with van der Waals surface area (Å²) in [6, 6.07) is 18.4. The lowest BCUT2D eigenvalue weighted by Gasteiger charge is -2.11. The zero-order chi connectivity index (χ0) is 22.0. The maximum absolute atomic E-state index is 13.2. The molecular formula is C24H19ClN2O3S. The zero-order valence-corrected chi connectivity index (χ0v) is 18.5. The smallest absolute Gasteiger partial charge is 0.348 e. The lowest BCUT2D eigenvalue weighted by molar-refractivity contribution is 0.0531. The van der Waals surface area contributed by atoms with Gasteiger partial charge in [-0.15, -0.1) is 11.3 Å². The first-order chi connectivity index (χ1) is 15.0. The van der Waals surface area contributed by atoms with Crippen molar-refractivity contribution in [3.05, 3.63) is 81.7 Å². The summed E-state index contributed by atoms with van der Waals surface area (Å²) in [6.45, 7) is 3.87. The van der Waals surface area contributed by atoms with Crippen LogP contribution in [0.15, 0.2) is 60.7 Å². The fraction of sp³-hybridized carbons (Fsp3) is 0.125. The Morgan fingerprint density at radius 1 is 1.10 bits per heavy atom. The molecule has 0 atom stereocenters. The topological polar surface area (TPSA) is 68.3 Å². The minimum absolute atomic E-state index is 0.288. The summed E-state index contributed by atoms with van der Waals surface area (Å²) >= 11 is 7.56. The van der Waals surface area contributed by atoms with E-state index in [1.807, 2.05) is 49.4 Å². The molecule has 0 unspecified atom stereocenters. The van der Waals surface area contributed by atoms with Crippen LogP contribution >= 0.6 is 22.9 Å². The minimum Gasteiger partial charge on any atom is -0.462 e. The molecule has 5 nitrogen and oxygen atoms in total. The van der Waals surface area contributed by atoms with Crippen molar-refractivity contribution >= 4 is 50.7 Å². The molecule has 0 aliphatic heterocycles. The first-order valence-electron chi connectivity index (χ1n) is 9.71. The van der Waals surface area contributed by atoms with Crippen molar-refractivity contribution in [2.45, 2.75) is 13.8 Å². The number of para-hydroxylation sites is 1. The highest BCUT2D eigenvalue weighted by molar-refractivity contribution is 7.18. The maximum Gasteiger partial charge on any atom is 0.348 e. The number of hydrogen-bond acceptors (Lipinski definition) is 5. The molecular weight excluding hydrogens is 432 g/mol. The fourth-order valence-corrected chi connectivity index (χ4v) is 4.49. The molecule has 7 heteroatoms. The van der Waals surface area contributed by atoms with Crippen LogP contribution in [0.2, 0.25) is 5.02 Å². The first-order valence-corrected chi connectivity index (χ1v) is 10.9. The molecule has 0 bridgehead atoms. The van der Waals surface area contributed by atoms with Crippen molar-refractivity contribution in [1.29, 1.82) is 0 Å². The number of rotatable bonds is 5. The largest absolute Gasteiger partial charge is 0.462 e. The van der Waals surface area contributed by atoms with E-state index in [-0.39, 0.29) is 11.9 Å². The molecule has 0 saturated carbocycles. The van der Waals surface area contributed by atoms with Crippen LogP contribution in [0, 0.1) is 6.92 Å². The lowest BCUT2D eigenvalue weighted by atomic mass is 10.0. The molecule has 4 aromatic rings. The van der Waals surface area contributed by atoms with Crippen molar-refractivity contribution in [3.63, 3.8) is 0 Å². The Kier molecular flexibility index (Phi) is 6.02. The maximum atomic E-state index is 13.2. The van der Waals surface area contributed by atoms with Crippen LogP contribution in [0.4, 0.5) is 5.00 Å². The van der Waals surface area contributed by atoms with Gasteiger partial charge in [-0.05, 0) is 43.7 Å². The van der Waals surface area contributed by atoms with Gasteiger partial charge in [-0.25, -0.2) is 9.78 Å². The van der Waals surface area contributed by atoms with E-state index < -0.39 is 0 Å². The molecule has 156 valence electrons. The summed E-state index contributed by atoms with van der Waals surface area (Å²) in [5.41, 5.74) is 3.29. The highest BCUT2D eigenvalue weighted by atomic mass is 35.5. The summed E-state index contributed by atoms with van der Waals surface area (Å²) < 4.78 is 5.08. The van der Waals surface area contributed by atoms with Crippen LogP contribution < -0.4 is 5.32 Å². The summed E-state index contributed by atoms with van der Waals surface area (Å²) in [5.74, 6) is -0.676. The fourth-order valence-electron chi connectivity index (χ4n) is 3.29. The van der Waals surface area contributed by atoms with E-state index in [2.05, 4.69) is 5.32 Å². The summed E-state index contributed by atoms with van der Waals surface area (Å²) in [4.78, 5) is 30.5. The van der Waals surface area contributed by atoms with E-state index in [0.717, 1.165) is 16.5 Å². The number of amides is 1. The Hall–Kier alpha value is -3.22. The highest BCUT2D eigenvalue weighted by Gasteiger charge is 2.19. The highest BCUT2D eigenvalue weighted by Crippen LogP contribution is 2.31. The Balaban J connectivity index is 1.74. The molecule has 1 amide bonds. The SMILES string of the molecule is CCOC(=O)c1sc(NC(=O)c2cc(-c3ccccc3Cl)nc3ccccc23)cc1C. The summed E-state index contributed by atoms with van der Waals surface area (Å²) in [7, 11) is 0. The molecule has 0 saturated heterocycles. The average Bonchev–Trinajstić information content (AvgIpc) is 3.13. The van der Waals surface area contributed by atoms with Gasteiger partial charge in [-0.3, -0.25) is 4.79 Å². The third-order valence-corrected chi connectivity index (χ3v) is 6.19. The van der Waals surface area contributed by atoms with Gasteiger partial charge in [0.25, 0.3) is 5.91 Å². The van der Waals surface area contributed by atoms with E-state index in [9.17, 15) is 9.59 Å². The predicted octanol–water partition coefficient (Wildman–Crippen LogP) is 6.35. The Morgan fingerprint density at radius 3 is 2.61 bits per heavy atom. The summed E-state index contributed by atoms with van der Waals surface area (Å²) in [5, 5.41) is 4.78. The number of benzene rings is 2. The van der Waals surface area contributed by atoms with Crippen LogP contribution in [0.25, 0.3) is 22.2 Å². The number of ether oxygens (including phenoxy) is 1. The lowest BCUT2D eigenvalue weighted by Crippen LogP contribution is -2.12. The molecule has 2 aromatic heterocycles. The number of hydrogen-bond donors (Lipinski definition) is 1. The van der Waals surface area contributed by atoms with Crippen molar-refractivity contribution in [2.75, 3.05) is 11.9 Å². The van der Waals surface area contributed by atoms with Gasteiger partial charge >= 0.3 is 5.97 Å². The molecule has 4 rings (SSSR count). The second-order valence-electron chi connectivity index (χ2n) is 6.85. The minimum atomic E-state index is -0.388. The van der Waals surface area contributed by atoms with Crippen LogP contribution in [-0.2, 0) is 4.74 Å². The number of nitrogens with one attached hydrogen (secondary N) is 1. The van der Waals surface area contributed by atoms with Gasteiger partial charge in [0.15, 0.2) is 0 Å². The van der Waals surface area contributed by atoms with E-state index in [1.54, 1.807) is 25.1 Å². The molecule has 31 heavy (non-hydrogen) atoms. The van der Waals surface area contributed by atoms with Gasteiger partial charge in [0.2, 0.25) is 0 Å². The monoisotopic (exact) mass is 450 g/mol. The molecule has 2 aromatic carbocycles.